The Balaban J connectivity index is 1.74. The predicted molar refractivity (Wildman–Crippen MR) is 101 cm³/mol. The highest BCUT2D eigenvalue weighted by Gasteiger charge is 2.14. The third kappa shape index (κ3) is 3.59. The van der Waals surface area contributed by atoms with Gasteiger partial charge in [0.2, 0.25) is 0 Å². The molecular formula is C18H24N6. The number of rotatable bonds is 5. The number of hydrogen-bond donors (Lipinski definition) is 4. The molecule has 0 saturated heterocycles. The minimum absolute atomic E-state index is 0.309. The Labute approximate surface area is 142 Å². The maximum absolute atomic E-state index is 5.90. The fourth-order valence-corrected chi connectivity index (χ4v) is 2.89. The second-order valence-electron chi connectivity index (χ2n) is 6.06. The average molecular weight is 324 g/mol. The largest absolute Gasteiger partial charge is 0.397 e. The summed E-state index contributed by atoms with van der Waals surface area (Å²) < 4.78 is 0. The summed E-state index contributed by atoms with van der Waals surface area (Å²) in [5.74, 6) is 1.25. The minimum atomic E-state index is 0.309. The van der Waals surface area contributed by atoms with E-state index in [1.807, 2.05) is 24.3 Å². The Morgan fingerprint density at radius 3 is 2.92 bits per heavy atom. The van der Waals surface area contributed by atoms with E-state index in [0.717, 1.165) is 55.2 Å². The Kier molecular flexibility index (Phi) is 4.84. The Morgan fingerprint density at radius 1 is 1.33 bits per heavy atom. The third-order valence-electron chi connectivity index (χ3n) is 4.28. The van der Waals surface area contributed by atoms with Crippen LogP contribution in [0.2, 0.25) is 0 Å². The molecule has 1 atom stereocenters. The first-order valence-corrected chi connectivity index (χ1v) is 8.24. The van der Waals surface area contributed by atoms with Crippen molar-refractivity contribution in [2.24, 2.45) is 27.4 Å². The number of amidine groups is 1. The topological polar surface area (TPSA) is 101 Å². The summed E-state index contributed by atoms with van der Waals surface area (Å²) in [5.41, 5.74) is 15.9. The molecule has 1 aromatic rings. The van der Waals surface area contributed by atoms with Crippen LogP contribution in [-0.4, -0.2) is 32.2 Å². The number of hydrogen-bond acceptors (Lipinski definition) is 6. The smallest absolute Gasteiger partial charge is 0.128 e. The summed E-state index contributed by atoms with van der Waals surface area (Å²) in [6, 6.07) is 6.06. The van der Waals surface area contributed by atoms with Crippen LogP contribution in [-0.2, 0) is 0 Å². The van der Waals surface area contributed by atoms with Gasteiger partial charge in [-0.15, -0.1) is 0 Å². The van der Waals surface area contributed by atoms with E-state index < -0.39 is 0 Å². The van der Waals surface area contributed by atoms with Gasteiger partial charge in [-0.05, 0) is 43.7 Å². The molecule has 0 fully saturated rings. The normalized spacial score (nSPS) is 20.3. The zero-order valence-electron chi connectivity index (χ0n) is 13.8. The monoisotopic (exact) mass is 324 g/mol. The molecule has 1 aromatic carbocycles. The van der Waals surface area contributed by atoms with Gasteiger partial charge in [-0.3, -0.25) is 9.98 Å². The summed E-state index contributed by atoms with van der Waals surface area (Å²) in [7, 11) is 0. The van der Waals surface area contributed by atoms with E-state index in [1.54, 1.807) is 0 Å². The van der Waals surface area contributed by atoms with Crippen molar-refractivity contribution >= 4 is 23.9 Å². The van der Waals surface area contributed by atoms with Gasteiger partial charge in [-0.2, -0.15) is 0 Å². The van der Waals surface area contributed by atoms with Crippen LogP contribution in [0, 0.1) is 5.92 Å². The van der Waals surface area contributed by atoms with Crippen LogP contribution in [0.4, 0.5) is 11.4 Å². The van der Waals surface area contributed by atoms with Crippen LogP contribution in [0.15, 0.2) is 51.7 Å². The lowest BCUT2D eigenvalue weighted by atomic mass is 9.97. The number of nitrogens with zero attached hydrogens (tertiary/aromatic N) is 2. The van der Waals surface area contributed by atoms with Crippen molar-refractivity contribution < 1.29 is 0 Å². The van der Waals surface area contributed by atoms with E-state index in [-0.39, 0.29) is 0 Å². The first-order valence-electron chi connectivity index (χ1n) is 8.24. The second kappa shape index (κ2) is 7.21. The summed E-state index contributed by atoms with van der Waals surface area (Å²) in [5, 5.41) is 6.81. The molecule has 3 rings (SSSR count). The van der Waals surface area contributed by atoms with E-state index in [1.165, 1.54) is 0 Å². The second-order valence-corrected chi connectivity index (χ2v) is 6.06. The van der Waals surface area contributed by atoms with Crippen LogP contribution >= 0.6 is 0 Å². The van der Waals surface area contributed by atoms with Crippen molar-refractivity contribution in [3.63, 3.8) is 0 Å². The Hall–Kier alpha value is -2.76. The van der Waals surface area contributed by atoms with Gasteiger partial charge in [0.1, 0.15) is 5.84 Å². The molecule has 1 unspecified atom stereocenters. The lowest BCUT2D eigenvalue weighted by molar-refractivity contribution is 0.678. The SMILES string of the molecule is C=Nc1ccc(C2=NCCCN2)cc1NCC1C=C(N)C(N)=CC1. The fraction of sp³-hybridized carbons (Fsp3) is 0.333. The van der Waals surface area contributed by atoms with Crippen molar-refractivity contribution in [2.45, 2.75) is 12.8 Å². The van der Waals surface area contributed by atoms with Crippen molar-refractivity contribution in [2.75, 3.05) is 25.0 Å². The number of nitrogens with one attached hydrogen (secondary N) is 2. The summed E-state index contributed by atoms with van der Waals surface area (Å²) >= 11 is 0. The van der Waals surface area contributed by atoms with Gasteiger partial charge >= 0.3 is 0 Å². The number of anilines is 1. The zero-order chi connectivity index (χ0) is 16.9. The van der Waals surface area contributed by atoms with E-state index in [0.29, 0.717) is 17.3 Å². The number of benzene rings is 1. The molecule has 0 amide bonds. The quantitative estimate of drug-likeness (QED) is 0.621. The van der Waals surface area contributed by atoms with Crippen LogP contribution < -0.4 is 22.1 Å². The van der Waals surface area contributed by atoms with Gasteiger partial charge in [0.25, 0.3) is 0 Å². The average Bonchev–Trinajstić information content (AvgIpc) is 2.63. The van der Waals surface area contributed by atoms with Gasteiger partial charge in [0.05, 0.1) is 22.8 Å². The van der Waals surface area contributed by atoms with Gasteiger partial charge < -0.3 is 22.1 Å². The molecule has 0 bridgehead atoms. The lowest BCUT2D eigenvalue weighted by Gasteiger charge is -2.20. The van der Waals surface area contributed by atoms with Crippen molar-refractivity contribution in [1.82, 2.24) is 5.32 Å². The molecule has 2 aliphatic rings. The van der Waals surface area contributed by atoms with Gasteiger partial charge in [-0.25, -0.2) is 0 Å². The molecule has 0 aromatic heterocycles. The molecule has 6 heteroatoms. The molecular weight excluding hydrogens is 300 g/mol. The molecule has 0 radical (unpaired) electrons. The van der Waals surface area contributed by atoms with Crippen LogP contribution in [0.25, 0.3) is 0 Å². The fourth-order valence-electron chi connectivity index (χ4n) is 2.89. The summed E-state index contributed by atoms with van der Waals surface area (Å²) in [4.78, 5) is 8.65. The molecule has 1 heterocycles. The van der Waals surface area contributed by atoms with E-state index >= 15 is 0 Å². The number of allylic oxidation sites excluding steroid dienone is 1. The molecule has 6 nitrogen and oxygen atoms in total. The lowest BCUT2D eigenvalue weighted by Crippen LogP contribution is -2.30. The van der Waals surface area contributed by atoms with Crippen LogP contribution in [0.3, 0.4) is 0 Å². The van der Waals surface area contributed by atoms with Crippen molar-refractivity contribution in [3.8, 4) is 0 Å². The van der Waals surface area contributed by atoms with Crippen molar-refractivity contribution in [3.05, 3.63) is 47.3 Å². The zero-order valence-corrected chi connectivity index (χ0v) is 13.8. The van der Waals surface area contributed by atoms with Gasteiger partial charge in [0.15, 0.2) is 0 Å². The van der Waals surface area contributed by atoms with E-state index in [2.05, 4.69) is 33.4 Å². The van der Waals surface area contributed by atoms with E-state index in [9.17, 15) is 0 Å². The highest BCUT2D eigenvalue weighted by atomic mass is 15.0. The highest BCUT2D eigenvalue weighted by molar-refractivity contribution is 6.00. The number of nitrogens with two attached hydrogens (primary N) is 2. The minimum Gasteiger partial charge on any atom is -0.397 e. The Morgan fingerprint density at radius 2 is 2.21 bits per heavy atom. The first kappa shape index (κ1) is 16.1. The molecule has 1 aliphatic heterocycles. The standard InChI is InChI=1S/C18H24N6/c1-21-16-6-4-13(18-22-7-2-8-23-18)10-17(16)24-11-12-3-5-14(19)15(20)9-12/h4-6,9-10,12,24H,1-3,7-8,11,19-20H2,(H,22,23). The molecule has 1 aliphatic carbocycles. The van der Waals surface area contributed by atoms with Crippen LogP contribution in [0.5, 0.6) is 0 Å². The molecule has 0 spiro atoms. The molecule has 6 N–H and O–H groups in total. The predicted octanol–water partition coefficient (Wildman–Crippen LogP) is 1.88. The van der Waals surface area contributed by atoms with Crippen LogP contribution in [0.1, 0.15) is 18.4 Å². The maximum Gasteiger partial charge on any atom is 0.128 e. The molecule has 0 saturated carbocycles. The van der Waals surface area contributed by atoms with E-state index in [4.69, 9.17) is 11.5 Å². The van der Waals surface area contributed by atoms with Crippen molar-refractivity contribution in [1.29, 1.82) is 0 Å². The van der Waals surface area contributed by atoms with Gasteiger partial charge in [0, 0.05) is 25.2 Å². The summed E-state index contributed by atoms with van der Waals surface area (Å²) in [6.45, 7) is 6.25. The highest BCUT2D eigenvalue weighted by Crippen LogP contribution is 2.27. The Bertz CT molecular complexity index is 716. The maximum atomic E-state index is 5.90. The van der Waals surface area contributed by atoms with Gasteiger partial charge in [-0.1, -0.05) is 12.2 Å². The first-order chi connectivity index (χ1) is 11.7. The number of aliphatic imine (C=N–C) groups is 2. The summed E-state index contributed by atoms with van der Waals surface area (Å²) in [6.07, 6.45) is 5.95. The molecule has 126 valence electrons. The third-order valence-corrected chi connectivity index (χ3v) is 4.28. The molecule has 24 heavy (non-hydrogen) atoms.